The lowest BCUT2D eigenvalue weighted by Crippen LogP contribution is -1.90. The summed E-state index contributed by atoms with van der Waals surface area (Å²) in [5, 5.41) is 9.43. The van der Waals surface area contributed by atoms with Crippen LogP contribution in [0.5, 0.6) is 0 Å². The number of hydrogen-bond donors (Lipinski definition) is 1. The van der Waals surface area contributed by atoms with E-state index in [0.29, 0.717) is 20.6 Å². The van der Waals surface area contributed by atoms with E-state index in [2.05, 4.69) is 11.6 Å². The zero-order valence-corrected chi connectivity index (χ0v) is 11.1. The first-order chi connectivity index (χ1) is 7.13. The number of thiazole rings is 1. The van der Waals surface area contributed by atoms with Gasteiger partial charge in [-0.2, -0.15) is 0 Å². The highest BCUT2D eigenvalue weighted by atomic mass is 35.7. The molecule has 0 bridgehead atoms. The Morgan fingerprint density at radius 3 is 2.87 bits per heavy atom. The summed E-state index contributed by atoms with van der Waals surface area (Å²) in [6, 6.07) is 0. The highest BCUT2D eigenvalue weighted by molar-refractivity contribution is 8.22. The molecule has 0 amide bonds. The average molecular weight is 282 g/mol. The number of rotatable bonds is 4. The van der Waals surface area contributed by atoms with Crippen LogP contribution < -0.4 is 0 Å². The zero-order valence-electron chi connectivity index (χ0n) is 7.96. The Bertz CT molecular complexity index is 401. The van der Waals surface area contributed by atoms with Crippen LogP contribution in [0.15, 0.2) is 16.5 Å². The summed E-state index contributed by atoms with van der Waals surface area (Å²) in [5.41, 5.74) is 1.31. The van der Waals surface area contributed by atoms with Gasteiger partial charge < -0.3 is 5.11 Å². The first-order valence-electron chi connectivity index (χ1n) is 4.02. The molecule has 1 N–H and O–H groups in total. The van der Waals surface area contributed by atoms with Gasteiger partial charge in [0, 0.05) is 11.0 Å². The van der Waals surface area contributed by atoms with Crippen LogP contribution in [0.3, 0.4) is 0 Å². The van der Waals surface area contributed by atoms with Crippen molar-refractivity contribution in [1.82, 2.24) is 4.98 Å². The van der Waals surface area contributed by atoms with Gasteiger partial charge in [0.05, 0.1) is 16.5 Å². The normalized spacial score (nSPS) is 12.5. The SMILES string of the molecule is C=Cc1sc(SCl)nc1/C(Cl)=C(\C)CO. The minimum absolute atomic E-state index is 0.0870. The first kappa shape index (κ1) is 13.1. The maximum atomic E-state index is 8.97. The van der Waals surface area contributed by atoms with Crippen molar-refractivity contribution in [3.63, 3.8) is 0 Å². The highest BCUT2D eigenvalue weighted by Gasteiger charge is 2.13. The van der Waals surface area contributed by atoms with Crippen LogP contribution in [-0.2, 0) is 0 Å². The number of aliphatic hydroxyl groups excluding tert-OH is 1. The van der Waals surface area contributed by atoms with E-state index in [4.69, 9.17) is 27.4 Å². The van der Waals surface area contributed by atoms with Crippen LogP contribution in [0.25, 0.3) is 11.1 Å². The highest BCUT2D eigenvalue weighted by Crippen LogP contribution is 2.35. The van der Waals surface area contributed by atoms with Crippen molar-refractivity contribution >= 4 is 55.7 Å². The Kier molecular flexibility index (Phi) is 5.15. The minimum Gasteiger partial charge on any atom is -0.392 e. The Morgan fingerprint density at radius 1 is 1.73 bits per heavy atom. The van der Waals surface area contributed by atoms with Gasteiger partial charge in [0.2, 0.25) is 0 Å². The molecule has 1 aromatic heterocycles. The molecule has 6 heteroatoms. The van der Waals surface area contributed by atoms with Crippen molar-refractivity contribution in [3.8, 4) is 0 Å². The van der Waals surface area contributed by atoms with E-state index in [1.54, 1.807) is 13.0 Å². The molecular formula is C9H9Cl2NOS2. The second kappa shape index (κ2) is 5.92. The first-order valence-corrected chi connectivity index (χ1v) is 6.86. The van der Waals surface area contributed by atoms with Crippen molar-refractivity contribution in [3.05, 3.63) is 22.7 Å². The smallest absolute Gasteiger partial charge is 0.166 e. The van der Waals surface area contributed by atoms with Gasteiger partial charge in [-0.1, -0.05) is 18.2 Å². The molecule has 0 radical (unpaired) electrons. The van der Waals surface area contributed by atoms with E-state index in [9.17, 15) is 0 Å². The predicted octanol–water partition coefficient (Wildman–Crippen LogP) is 3.99. The molecule has 0 atom stereocenters. The number of aliphatic hydroxyl groups is 1. The fraction of sp³-hybridized carbons (Fsp3) is 0.222. The molecule has 0 aliphatic carbocycles. The Hall–Kier alpha value is -0.000000000000000132. The maximum absolute atomic E-state index is 8.97. The molecule has 82 valence electrons. The number of hydrogen-bond acceptors (Lipinski definition) is 4. The Balaban J connectivity index is 3.23. The second-order valence-corrected chi connectivity index (χ2v) is 5.40. The van der Waals surface area contributed by atoms with Crippen molar-refractivity contribution in [2.24, 2.45) is 0 Å². The number of aromatic nitrogens is 1. The van der Waals surface area contributed by atoms with Crippen molar-refractivity contribution in [2.75, 3.05) is 6.61 Å². The molecule has 1 aromatic rings. The molecule has 0 unspecified atom stereocenters. The van der Waals surface area contributed by atoms with Crippen LogP contribution >= 0.6 is 44.6 Å². The third kappa shape index (κ3) is 2.98. The van der Waals surface area contributed by atoms with E-state index in [1.165, 1.54) is 11.3 Å². The van der Waals surface area contributed by atoms with Crippen LogP contribution in [0.4, 0.5) is 0 Å². The van der Waals surface area contributed by atoms with E-state index >= 15 is 0 Å². The Morgan fingerprint density at radius 2 is 2.40 bits per heavy atom. The Labute approximate surface area is 106 Å². The van der Waals surface area contributed by atoms with E-state index in [-0.39, 0.29) is 6.61 Å². The topological polar surface area (TPSA) is 33.1 Å². The lowest BCUT2D eigenvalue weighted by atomic mass is 10.2. The van der Waals surface area contributed by atoms with Crippen LogP contribution in [0, 0.1) is 0 Å². The van der Waals surface area contributed by atoms with Crippen LogP contribution in [0.1, 0.15) is 17.5 Å². The summed E-state index contributed by atoms with van der Waals surface area (Å²) in [6.45, 7) is 5.35. The lowest BCUT2D eigenvalue weighted by Gasteiger charge is -2.00. The molecule has 0 aliphatic heterocycles. The van der Waals surface area contributed by atoms with Gasteiger partial charge in [-0.3, -0.25) is 0 Å². The molecule has 1 heterocycles. The largest absolute Gasteiger partial charge is 0.392 e. The summed E-state index contributed by atoms with van der Waals surface area (Å²) in [4.78, 5) is 5.10. The molecule has 2 nitrogen and oxygen atoms in total. The minimum atomic E-state index is -0.0870. The third-order valence-electron chi connectivity index (χ3n) is 1.70. The fourth-order valence-corrected chi connectivity index (χ4v) is 2.73. The molecule has 0 spiro atoms. The fourth-order valence-electron chi connectivity index (χ4n) is 0.912. The third-order valence-corrected chi connectivity index (χ3v) is 4.49. The summed E-state index contributed by atoms with van der Waals surface area (Å²) in [5.74, 6) is 0. The summed E-state index contributed by atoms with van der Waals surface area (Å²) < 4.78 is 0.713. The van der Waals surface area contributed by atoms with Crippen LogP contribution in [-0.4, -0.2) is 16.7 Å². The van der Waals surface area contributed by atoms with Gasteiger partial charge in [-0.25, -0.2) is 4.98 Å². The number of halogens is 2. The van der Waals surface area contributed by atoms with Gasteiger partial charge >= 0.3 is 0 Å². The quantitative estimate of drug-likeness (QED) is 0.906. The molecule has 0 saturated carbocycles. The molecular weight excluding hydrogens is 273 g/mol. The van der Waals surface area contributed by atoms with Crippen molar-refractivity contribution < 1.29 is 5.11 Å². The van der Waals surface area contributed by atoms with Gasteiger partial charge in [0.15, 0.2) is 4.34 Å². The average Bonchev–Trinajstić information content (AvgIpc) is 2.69. The van der Waals surface area contributed by atoms with Crippen molar-refractivity contribution in [2.45, 2.75) is 11.3 Å². The lowest BCUT2D eigenvalue weighted by molar-refractivity contribution is 0.332. The zero-order chi connectivity index (χ0) is 11.4. The maximum Gasteiger partial charge on any atom is 0.166 e. The standard InChI is InChI=1S/C9H9Cl2NOS2/c1-3-6-8(7(10)5(2)4-13)12-9(14-6)15-11/h3,13H,1,4H2,2H3/b7-5-. The van der Waals surface area contributed by atoms with E-state index in [0.717, 1.165) is 15.9 Å². The summed E-state index contributed by atoms with van der Waals surface area (Å²) >= 11 is 7.49. The second-order valence-electron chi connectivity index (χ2n) is 2.73. The van der Waals surface area contributed by atoms with Gasteiger partial charge in [-0.05, 0) is 29.3 Å². The van der Waals surface area contributed by atoms with Crippen LogP contribution in [0.2, 0.25) is 0 Å². The van der Waals surface area contributed by atoms with Gasteiger partial charge in [0.1, 0.15) is 5.69 Å². The summed E-state index contributed by atoms with van der Waals surface area (Å²) in [7, 11) is 6.65. The summed E-state index contributed by atoms with van der Waals surface area (Å²) in [6.07, 6.45) is 1.68. The molecule has 0 fully saturated rings. The van der Waals surface area contributed by atoms with Gasteiger partial charge in [0.25, 0.3) is 0 Å². The van der Waals surface area contributed by atoms with E-state index in [1.807, 2.05) is 0 Å². The van der Waals surface area contributed by atoms with E-state index < -0.39 is 0 Å². The molecule has 0 aliphatic rings. The predicted molar refractivity (Wildman–Crippen MR) is 69.4 cm³/mol. The molecule has 15 heavy (non-hydrogen) atoms. The molecule has 0 aromatic carbocycles. The monoisotopic (exact) mass is 281 g/mol. The number of nitrogens with zero attached hydrogens (tertiary/aromatic N) is 1. The molecule has 0 saturated heterocycles. The van der Waals surface area contributed by atoms with Gasteiger partial charge in [-0.15, -0.1) is 11.3 Å². The van der Waals surface area contributed by atoms with Crippen molar-refractivity contribution in [1.29, 1.82) is 0 Å². The molecule has 1 rings (SSSR count).